The molecule has 0 N–H and O–H groups in total. The third-order valence-corrected chi connectivity index (χ3v) is 3.75. The zero-order chi connectivity index (χ0) is 14.5. The second-order valence-electron chi connectivity index (χ2n) is 3.54. The summed E-state index contributed by atoms with van der Waals surface area (Å²) >= 11 is 13.5. The summed E-state index contributed by atoms with van der Waals surface area (Å²) in [5, 5.41) is 6.33. The van der Waals surface area contributed by atoms with Crippen molar-refractivity contribution in [2.75, 3.05) is 0 Å². The van der Waals surface area contributed by atoms with Crippen molar-refractivity contribution < 1.29 is 4.79 Å². The molecule has 2 rings (SSSR count). The van der Waals surface area contributed by atoms with E-state index < -0.39 is 5.91 Å². The van der Waals surface area contributed by atoms with E-state index in [-0.39, 0.29) is 0 Å². The normalized spacial score (nSPS) is 10.5. The van der Waals surface area contributed by atoms with Gasteiger partial charge >= 0.3 is 0 Å². The Labute approximate surface area is 128 Å². The van der Waals surface area contributed by atoms with Gasteiger partial charge in [-0.25, -0.2) is 4.98 Å². The van der Waals surface area contributed by atoms with Crippen LogP contribution in [0, 0.1) is 0 Å². The first-order chi connectivity index (χ1) is 9.61. The highest BCUT2D eigenvalue weighted by atomic mass is 35.5. The van der Waals surface area contributed by atoms with E-state index in [0.29, 0.717) is 26.3 Å². The smallest absolute Gasteiger partial charge is 0.242 e. The predicted octanol–water partition coefficient (Wildman–Crippen LogP) is 4.97. The molecular formula is C12H6Cl2N4OS. The number of rotatable bonds is 3. The maximum atomic E-state index is 11.0. The van der Waals surface area contributed by atoms with E-state index in [2.05, 4.69) is 15.0 Å². The summed E-state index contributed by atoms with van der Waals surface area (Å²) in [5.74, 6) is -0.683. The molecule has 0 aliphatic rings. The van der Waals surface area contributed by atoms with Gasteiger partial charge in [0, 0.05) is 15.9 Å². The van der Waals surface area contributed by atoms with E-state index in [1.54, 1.807) is 23.6 Å². The Balaban J connectivity index is 2.30. The molecule has 0 spiro atoms. The summed E-state index contributed by atoms with van der Waals surface area (Å²) in [6.07, 6.45) is 2.61. The summed E-state index contributed by atoms with van der Waals surface area (Å²) in [6, 6.07) is 5.21. The molecule has 0 bridgehead atoms. The molecule has 8 heteroatoms. The van der Waals surface area contributed by atoms with Crippen LogP contribution in [0.5, 0.6) is 0 Å². The number of halogens is 2. The van der Waals surface area contributed by atoms with Crippen LogP contribution in [0.2, 0.25) is 10.0 Å². The summed E-state index contributed by atoms with van der Waals surface area (Å²) in [4.78, 5) is 17.7. The highest BCUT2D eigenvalue weighted by Gasteiger charge is 2.11. The zero-order valence-corrected chi connectivity index (χ0v) is 12.2. The number of azide groups is 1. The number of amides is 1. The van der Waals surface area contributed by atoms with Gasteiger partial charge in [0.25, 0.3) is 0 Å². The average Bonchev–Trinajstić information content (AvgIpc) is 2.85. The number of hydrogen-bond acceptors (Lipinski definition) is 3. The summed E-state index contributed by atoms with van der Waals surface area (Å²) in [5.41, 5.74) is 9.32. The molecule has 0 aliphatic carbocycles. The maximum absolute atomic E-state index is 11.0. The van der Waals surface area contributed by atoms with Gasteiger partial charge in [0.1, 0.15) is 5.01 Å². The Kier molecular flexibility index (Phi) is 4.76. The van der Waals surface area contributed by atoms with Crippen LogP contribution in [0.15, 0.2) is 34.8 Å². The summed E-state index contributed by atoms with van der Waals surface area (Å²) < 4.78 is 0. The van der Waals surface area contributed by atoms with Gasteiger partial charge in [-0.15, -0.1) is 11.3 Å². The highest BCUT2D eigenvalue weighted by molar-refractivity contribution is 7.13. The molecule has 0 saturated carbocycles. The van der Waals surface area contributed by atoms with E-state index in [9.17, 15) is 4.79 Å². The lowest BCUT2D eigenvalue weighted by Gasteiger charge is -2.02. The quantitative estimate of drug-likeness (QED) is 0.346. The molecule has 20 heavy (non-hydrogen) atoms. The lowest BCUT2D eigenvalue weighted by Crippen LogP contribution is -1.83. The Bertz CT molecular complexity index is 715. The van der Waals surface area contributed by atoms with E-state index in [4.69, 9.17) is 28.7 Å². The summed E-state index contributed by atoms with van der Waals surface area (Å²) in [7, 11) is 0. The SMILES string of the molecule is [N-]=[N+]=NC(=O)C=Cc1csc(-c2c(Cl)cccc2Cl)n1. The van der Waals surface area contributed by atoms with E-state index in [0.717, 1.165) is 6.08 Å². The highest BCUT2D eigenvalue weighted by Crippen LogP contribution is 2.36. The monoisotopic (exact) mass is 324 g/mol. The summed E-state index contributed by atoms with van der Waals surface area (Å²) in [6.45, 7) is 0. The van der Waals surface area contributed by atoms with Gasteiger partial charge in [-0.2, -0.15) is 0 Å². The van der Waals surface area contributed by atoms with Gasteiger partial charge in [0.05, 0.1) is 15.7 Å². The fourth-order valence-electron chi connectivity index (χ4n) is 1.41. The molecule has 0 saturated heterocycles. The van der Waals surface area contributed by atoms with Crippen LogP contribution in [0.25, 0.3) is 27.1 Å². The third-order valence-electron chi connectivity index (χ3n) is 2.24. The van der Waals surface area contributed by atoms with Crippen molar-refractivity contribution in [2.24, 2.45) is 5.11 Å². The van der Waals surface area contributed by atoms with Crippen LogP contribution in [-0.2, 0) is 4.79 Å². The van der Waals surface area contributed by atoms with Crippen molar-refractivity contribution in [2.45, 2.75) is 0 Å². The van der Waals surface area contributed by atoms with Crippen molar-refractivity contribution in [3.8, 4) is 10.6 Å². The molecule has 5 nitrogen and oxygen atoms in total. The molecule has 0 unspecified atom stereocenters. The minimum Gasteiger partial charge on any atom is -0.288 e. The van der Waals surface area contributed by atoms with Crippen molar-refractivity contribution >= 4 is 46.5 Å². The van der Waals surface area contributed by atoms with Gasteiger partial charge in [-0.05, 0) is 34.9 Å². The fourth-order valence-corrected chi connectivity index (χ4v) is 2.96. The van der Waals surface area contributed by atoms with Crippen LogP contribution in [0.1, 0.15) is 5.69 Å². The van der Waals surface area contributed by atoms with Crippen LogP contribution in [-0.4, -0.2) is 10.9 Å². The van der Waals surface area contributed by atoms with Gasteiger partial charge in [0.2, 0.25) is 5.91 Å². The van der Waals surface area contributed by atoms with E-state index in [1.807, 2.05) is 0 Å². The Morgan fingerprint density at radius 1 is 1.40 bits per heavy atom. The number of carbonyl (C=O) groups excluding carboxylic acids is 1. The molecule has 2 aromatic rings. The molecule has 0 fully saturated rings. The van der Waals surface area contributed by atoms with Crippen LogP contribution < -0.4 is 0 Å². The van der Waals surface area contributed by atoms with Gasteiger partial charge in [-0.1, -0.05) is 29.3 Å². The minimum atomic E-state index is -0.683. The second kappa shape index (κ2) is 6.54. The van der Waals surface area contributed by atoms with Gasteiger partial charge in [-0.3, -0.25) is 4.79 Å². The fraction of sp³-hybridized carbons (Fsp3) is 0. The second-order valence-corrected chi connectivity index (χ2v) is 5.21. The first-order valence-corrected chi connectivity index (χ1v) is 6.92. The number of thiazole rings is 1. The third kappa shape index (κ3) is 3.37. The van der Waals surface area contributed by atoms with Crippen molar-refractivity contribution in [3.63, 3.8) is 0 Å². The largest absolute Gasteiger partial charge is 0.288 e. The lowest BCUT2D eigenvalue weighted by atomic mass is 10.2. The molecule has 1 aromatic carbocycles. The number of aromatic nitrogens is 1. The standard InChI is InChI=1S/C12H6Cl2N4OS/c13-8-2-1-3-9(14)11(8)12-16-7(6-20-12)4-5-10(19)17-18-15/h1-6H. The first kappa shape index (κ1) is 14.6. The molecule has 100 valence electrons. The molecule has 0 atom stereocenters. The average molecular weight is 325 g/mol. The van der Waals surface area contributed by atoms with Crippen molar-refractivity contribution in [1.29, 1.82) is 0 Å². The van der Waals surface area contributed by atoms with Gasteiger partial charge < -0.3 is 0 Å². The van der Waals surface area contributed by atoms with E-state index >= 15 is 0 Å². The maximum Gasteiger partial charge on any atom is 0.242 e. The predicted molar refractivity (Wildman–Crippen MR) is 80.8 cm³/mol. The first-order valence-electron chi connectivity index (χ1n) is 5.29. The topological polar surface area (TPSA) is 78.7 Å². The minimum absolute atomic E-state index is 0.507. The number of benzene rings is 1. The van der Waals surface area contributed by atoms with Crippen LogP contribution in [0.3, 0.4) is 0 Å². The molecule has 1 heterocycles. The Morgan fingerprint density at radius 2 is 2.10 bits per heavy atom. The number of nitrogens with zero attached hydrogens (tertiary/aromatic N) is 4. The number of carbonyl (C=O) groups is 1. The zero-order valence-electron chi connectivity index (χ0n) is 9.83. The Hall–Kier alpha value is -1.85. The molecule has 1 aromatic heterocycles. The number of hydrogen-bond donors (Lipinski definition) is 0. The molecular weight excluding hydrogens is 319 g/mol. The van der Waals surface area contributed by atoms with Crippen molar-refractivity contribution in [1.82, 2.24) is 4.98 Å². The van der Waals surface area contributed by atoms with Gasteiger partial charge in [0.15, 0.2) is 0 Å². The molecule has 0 radical (unpaired) electrons. The van der Waals surface area contributed by atoms with Crippen molar-refractivity contribution in [3.05, 3.63) is 55.8 Å². The lowest BCUT2D eigenvalue weighted by molar-refractivity contribution is -0.113. The Morgan fingerprint density at radius 3 is 2.75 bits per heavy atom. The van der Waals surface area contributed by atoms with E-state index in [1.165, 1.54) is 17.4 Å². The molecule has 0 aliphatic heterocycles. The van der Waals surface area contributed by atoms with Crippen LogP contribution >= 0.6 is 34.5 Å². The van der Waals surface area contributed by atoms with Crippen LogP contribution in [0.4, 0.5) is 0 Å². The molecule has 1 amide bonds.